The molecule has 8 heteroatoms. The molecule has 0 radical (unpaired) electrons. The summed E-state index contributed by atoms with van der Waals surface area (Å²) in [5, 5.41) is -0.0550. The van der Waals surface area contributed by atoms with E-state index in [0.29, 0.717) is 11.8 Å². The number of aromatic nitrogens is 2. The third-order valence-corrected chi connectivity index (χ3v) is 4.03. The maximum atomic E-state index is 12.5. The lowest BCUT2D eigenvalue weighted by atomic mass is 10.2. The summed E-state index contributed by atoms with van der Waals surface area (Å²) in [5.41, 5.74) is -1.10. The lowest BCUT2D eigenvalue weighted by Gasteiger charge is -2.07. The van der Waals surface area contributed by atoms with Gasteiger partial charge in [-0.25, -0.2) is 4.98 Å². The van der Waals surface area contributed by atoms with Gasteiger partial charge in [-0.1, -0.05) is 45.9 Å². The van der Waals surface area contributed by atoms with Gasteiger partial charge < -0.3 is 4.98 Å². The molecule has 2 rings (SSSR count). The smallest absolute Gasteiger partial charge is 0.301 e. The number of halogens is 4. The standard InChI is InChI=1S/C12H8BrF3N2OS/c13-8-4-2-1-3-7(8)6-20-11-17-9(12(14,15)16)5-10(19)18-11/h1-5H,6H2,(H,17,18,19). The van der Waals surface area contributed by atoms with Crippen molar-refractivity contribution in [2.75, 3.05) is 0 Å². The first kappa shape index (κ1) is 15.1. The molecule has 0 unspecified atom stereocenters. The highest BCUT2D eigenvalue weighted by Crippen LogP contribution is 2.29. The van der Waals surface area contributed by atoms with Crippen LogP contribution in [0, 0.1) is 0 Å². The number of nitrogens with one attached hydrogen (secondary N) is 1. The Morgan fingerprint density at radius 3 is 2.65 bits per heavy atom. The van der Waals surface area contributed by atoms with Crippen LogP contribution in [0.1, 0.15) is 11.3 Å². The molecule has 0 aliphatic carbocycles. The summed E-state index contributed by atoms with van der Waals surface area (Å²) >= 11 is 4.38. The summed E-state index contributed by atoms with van der Waals surface area (Å²) in [6.07, 6.45) is -4.63. The van der Waals surface area contributed by atoms with Gasteiger partial charge in [0.05, 0.1) is 0 Å². The maximum Gasteiger partial charge on any atom is 0.433 e. The molecule has 3 nitrogen and oxygen atoms in total. The number of aromatic amines is 1. The number of H-pyrrole nitrogens is 1. The second-order valence-corrected chi connectivity index (χ2v) is 5.63. The molecular formula is C12H8BrF3N2OS. The molecule has 1 N–H and O–H groups in total. The number of alkyl halides is 3. The minimum Gasteiger partial charge on any atom is -0.301 e. The van der Waals surface area contributed by atoms with Crippen LogP contribution in [0.3, 0.4) is 0 Å². The molecule has 0 bridgehead atoms. The molecule has 1 aromatic carbocycles. The van der Waals surface area contributed by atoms with Gasteiger partial charge in [-0.3, -0.25) is 4.79 Å². The highest BCUT2D eigenvalue weighted by atomic mass is 79.9. The van der Waals surface area contributed by atoms with Crippen LogP contribution in [0.25, 0.3) is 0 Å². The summed E-state index contributed by atoms with van der Waals surface area (Å²) in [5.74, 6) is 0.395. The van der Waals surface area contributed by atoms with Crippen LogP contribution >= 0.6 is 27.7 Å². The van der Waals surface area contributed by atoms with Crippen molar-refractivity contribution in [3.8, 4) is 0 Å². The Bertz CT molecular complexity index is 672. The monoisotopic (exact) mass is 364 g/mol. The van der Waals surface area contributed by atoms with Crippen molar-refractivity contribution in [3.63, 3.8) is 0 Å². The fraction of sp³-hybridized carbons (Fsp3) is 0.167. The van der Waals surface area contributed by atoms with Gasteiger partial charge in [-0.15, -0.1) is 0 Å². The van der Waals surface area contributed by atoms with Crippen LogP contribution in [0.2, 0.25) is 0 Å². The van der Waals surface area contributed by atoms with Crippen molar-refractivity contribution < 1.29 is 13.2 Å². The lowest BCUT2D eigenvalue weighted by Crippen LogP contribution is -2.16. The van der Waals surface area contributed by atoms with Crippen LogP contribution in [0.4, 0.5) is 13.2 Å². The molecule has 0 saturated heterocycles. The maximum absolute atomic E-state index is 12.5. The fourth-order valence-corrected chi connectivity index (χ4v) is 2.90. The molecule has 0 fully saturated rings. The van der Waals surface area contributed by atoms with E-state index in [2.05, 4.69) is 25.9 Å². The Labute approximate surface area is 124 Å². The predicted octanol–water partition coefficient (Wildman–Crippen LogP) is 3.84. The Hall–Kier alpha value is -1.28. The van der Waals surface area contributed by atoms with Gasteiger partial charge in [0.15, 0.2) is 10.9 Å². The molecule has 0 aliphatic heterocycles. The minimum atomic E-state index is -4.63. The third-order valence-electron chi connectivity index (χ3n) is 2.33. The van der Waals surface area contributed by atoms with Gasteiger partial charge in [0, 0.05) is 16.3 Å². The number of benzene rings is 1. The van der Waals surface area contributed by atoms with Gasteiger partial charge in [0.1, 0.15) is 0 Å². The van der Waals surface area contributed by atoms with Gasteiger partial charge in [-0.2, -0.15) is 13.2 Å². The molecule has 1 aromatic heterocycles. The average molecular weight is 365 g/mol. The summed E-state index contributed by atoms with van der Waals surface area (Å²) in [7, 11) is 0. The zero-order valence-electron chi connectivity index (χ0n) is 9.87. The van der Waals surface area contributed by atoms with Gasteiger partial charge in [-0.05, 0) is 11.6 Å². The molecule has 106 valence electrons. The van der Waals surface area contributed by atoms with Crippen molar-refractivity contribution in [3.05, 3.63) is 56.4 Å². The Kier molecular flexibility index (Phi) is 4.54. The van der Waals surface area contributed by atoms with Crippen LogP contribution < -0.4 is 5.56 Å². The normalized spacial score (nSPS) is 11.6. The zero-order valence-corrected chi connectivity index (χ0v) is 12.3. The van der Waals surface area contributed by atoms with Gasteiger partial charge in [0.25, 0.3) is 5.56 Å². The van der Waals surface area contributed by atoms with Crippen molar-refractivity contribution in [1.29, 1.82) is 0 Å². The summed E-state index contributed by atoms with van der Waals surface area (Å²) in [6.45, 7) is 0. The average Bonchev–Trinajstić information content (AvgIpc) is 2.36. The summed E-state index contributed by atoms with van der Waals surface area (Å²) in [6, 6.07) is 7.77. The molecule has 0 aliphatic rings. The van der Waals surface area contributed by atoms with Crippen LogP contribution in [-0.2, 0) is 11.9 Å². The second-order valence-electron chi connectivity index (χ2n) is 3.81. The van der Waals surface area contributed by atoms with E-state index >= 15 is 0 Å². The fourth-order valence-electron chi connectivity index (χ4n) is 1.41. The van der Waals surface area contributed by atoms with E-state index in [9.17, 15) is 18.0 Å². The summed E-state index contributed by atoms with van der Waals surface area (Å²) in [4.78, 5) is 16.9. The van der Waals surface area contributed by atoms with Crippen molar-refractivity contribution in [1.82, 2.24) is 9.97 Å². The summed E-state index contributed by atoms with van der Waals surface area (Å²) < 4.78 is 38.5. The van der Waals surface area contributed by atoms with Crippen molar-refractivity contribution in [2.24, 2.45) is 0 Å². The van der Waals surface area contributed by atoms with Crippen molar-refractivity contribution in [2.45, 2.75) is 17.1 Å². The van der Waals surface area contributed by atoms with E-state index < -0.39 is 17.4 Å². The Balaban J connectivity index is 2.20. The third kappa shape index (κ3) is 3.86. The van der Waals surface area contributed by atoms with E-state index in [1.807, 2.05) is 24.3 Å². The highest BCUT2D eigenvalue weighted by Gasteiger charge is 2.33. The van der Waals surface area contributed by atoms with E-state index in [-0.39, 0.29) is 5.16 Å². The molecule has 20 heavy (non-hydrogen) atoms. The number of nitrogens with zero attached hydrogens (tertiary/aromatic N) is 1. The topological polar surface area (TPSA) is 45.8 Å². The van der Waals surface area contributed by atoms with Gasteiger partial charge >= 0.3 is 6.18 Å². The molecule has 1 heterocycles. The molecule has 2 aromatic rings. The second kappa shape index (κ2) is 6.01. The van der Waals surface area contributed by atoms with Crippen LogP contribution in [-0.4, -0.2) is 9.97 Å². The van der Waals surface area contributed by atoms with E-state index in [0.717, 1.165) is 21.8 Å². The van der Waals surface area contributed by atoms with E-state index in [1.54, 1.807) is 0 Å². The van der Waals surface area contributed by atoms with Crippen LogP contribution in [0.15, 0.2) is 44.8 Å². The first-order chi connectivity index (χ1) is 9.36. The minimum absolute atomic E-state index is 0.0550. The van der Waals surface area contributed by atoms with Crippen LogP contribution in [0.5, 0.6) is 0 Å². The first-order valence-electron chi connectivity index (χ1n) is 5.41. The number of thioether (sulfide) groups is 1. The molecule has 0 spiro atoms. The highest BCUT2D eigenvalue weighted by molar-refractivity contribution is 9.10. The number of hydrogen-bond acceptors (Lipinski definition) is 3. The Morgan fingerprint density at radius 1 is 1.30 bits per heavy atom. The molecule has 0 amide bonds. The lowest BCUT2D eigenvalue weighted by molar-refractivity contribution is -0.141. The molecular weight excluding hydrogens is 357 g/mol. The van der Waals surface area contributed by atoms with E-state index in [1.165, 1.54) is 0 Å². The molecule has 0 atom stereocenters. The Morgan fingerprint density at radius 2 is 2.00 bits per heavy atom. The van der Waals surface area contributed by atoms with Gasteiger partial charge in [0.2, 0.25) is 0 Å². The largest absolute Gasteiger partial charge is 0.433 e. The SMILES string of the molecule is O=c1cc(C(F)(F)F)nc(SCc2ccccc2Br)[nH]1. The first-order valence-corrected chi connectivity index (χ1v) is 7.19. The van der Waals surface area contributed by atoms with Crippen molar-refractivity contribution >= 4 is 27.7 Å². The number of hydrogen-bond donors (Lipinski definition) is 1. The molecule has 0 saturated carbocycles. The quantitative estimate of drug-likeness (QED) is 0.664. The predicted molar refractivity (Wildman–Crippen MR) is 73.6 cm³/mol. The number of rotatable bonds is 3. The zero-order chi connectivity index (χ0) is 14.8. The van der Waals surface area contributed by atoms with E-state index in [4.69, 9.17) is 0 Å².